The van der Waals surface area contributed by atoms with E-state index in [9.17, 15) is 0 Å². The van der Waals surface area contributed by atoms with Gasteiger partial charge in [0.15, 0.2) is 5.16 Å². The molecule has 0 atom stereocenters. The number of nitrogens with zero attached hydrogens (tertiary/aromatic N) is 3. The van der Waals surface area contributed by atoms with Crippen LogP contribution >= 0.6 is 11.8 Å². The third-order valence-corrected chi connectivity index (χ3v) is 3.52. The number of benzene rings is 1. The molecule has 1 heterocycles. The number of thioether (sulfide) groups is 1. The average Bonchev–Trinajstić information content (AvgIpc) is 2.48. The van der Waals surface area contributed by atoms with Gasteiger partial charge in [0.25, 0.3) is 0 Å². The lowest BCUT2D eigenvalue weighted by Crippen LogP contribution is -2.20. The van der Waals surface area contributed by atoms with Crippen LogP contribution in [0.1, 0.15) is 19.8 Å². The van der Waals surface area contributed by atoms with E-state index in [0.717, 1.165) is 30.9 Å². The molecule has 20 heavy (non-hydrogen) atoms. The van der Waals surface area contributed by atoms with Crippen LogP contribution in [0.3, 0.4) is 0 Å². The molecule has 0 saturated carbocycles. The molecule has 5 heteroatoms. The molecule has 0 aliphatic carbocycles. The van der Waals surface area contributed by atoms with Gasteiger partial charge in [-0.05, 0) is 24.8 Å². The number of nitrogens with two attached hydrogens (primary N) is 1. The fourth-order valence-electron chi connectivity index (χ4n) is 1.96. The molecule has 0 saturated heterocycles. The number of hydrogen-bond acceptors (Lipinski definition) is 5. The van der Waals surface area contributed by atoms with Crippen molar-refractivity contribution in [1.82, 2.24) is 9.97 Å². The van der Waals surface area contributed by atoms with Gasteiger partial charge in [-0.2, -0.15) is 0 Å². The van der Waals surface area contributed by atoms with Crippen molar-refractivity contribution >= 4 is 29.1 Å². The van der Waals surface area contributed by atoms with Crippen molar-refractivity contribution < 1.29 is 0 Å². The van der Waals surface area contributed by atoms with Crippen LogP contribution < -0.4 is 10.6 Å². The zero-order valence-electron chi connectivity index (χ0n) is 11.9. The van der Waals surface area contributed by atoms with E-state index in [0.29, 0.717) is 11.0 Å². The molecule has 2 rings (SSSR count). The van der Waals surface area contributed by atoms with Crippen molar-refractivity contribution in [2.75, 3.05) is 23.4 Å². The molecule has 2 N–H and O–H groups in total. The van der Waals surface area contributed by atoms with Gasteiger partial charge >= 0.3 is 0 Å². The van der Waals surface area contributed by atoms with Gasteiger partial charge in [-0.25, -0.2) is 9.97 Å². The number of para-hydroxylation sites is 1. The molecule has 0 bridgehead atoms. The van der Waals surface area contributed by atoms with Gasteiger partial charge in [0, 0.05) is 18.3 Å². The van der Waals surface area contributed by atoms with Crippen molar-refractivity contribution in [3.05, 3.63) is 36.4 Å². The molecule has 0 aliphatic rings. The molecule has 2 aromatic rings. The lowest BCUT2D eigenvalue weighted by Gasteiger charge is -2.24. The summed E-state index contributed by atoms with van der Waals surface area (Å²) in [4.78, 5) is 11.0. The van der Waals surface area contributed by atoms with E-state index in [1.807, 2.05) is 30.5 Å². The zero-order valence-corrected chi connectivity index (χ0v) is 12.7. The Morgan fingerprint density at radius 3 is 2.60 bits per heavy atom. The summed E-state index contributed by atoms with van der Waals surface area (Å²) in [6.07, 6.45) is 4.20. The third kappa shape index (κ3) is 3.63. The molecule has 0 fully saturated rings. The van der Waals surface area contributed by atoms with E-state index >= 15 is 0 Å². The highest BCUT2D eigenvalue weighted by atomic mass is 32.2. The number of rotatable bonds is 6. The van der Waals surface area contributed by atoms with E-state index in [1.54, 1.807) is 0 Å². The first kappa shape index (κ1) is 14.7. The van der Waals surface area contributed by atoms with Gasteiger partial charge in [-0.1, -0.05) is 43.3 Å². The Labute approximate surface area is 124 Å². The number of nitrogen functional groups attached to an aromatic ring is 1. The molecule has 0 unspecified atom stereocenters. The van der Waals surface area contributed by atoms with Crippen LogP contribution in [0.2, 0.25) is 0 Å². The standard InChI is InChI=1S/C15H20N4S/c1-3-4-10-19(12-8-6-5-7-9-12)14-11-13(16)17-15(18-14)20-2/h5-9,11H,3-4,10H2,1-2H3,(H2,16,17,18). The van der Waals surface area contributed by atoms with Crippen LogP contribution in [-0.2, 0) is 0 Å². The molecule has 4 nitrogen and oxygen atoms in total. The van der Waals surface area contributed by atoms with Crippen LogP contribution in [0.4, 0.5) is 17.3 Å². The smallest absolute Gasteiger partial charge is 0.191 e. The quantitative estimate of drug-likeness (QED) is 0.648. The Balaban J connectivity index is 2.38. The second kappa shape index (κ2) is 7.14. The van der Waals surface area contributed by atoms with Crippen LogP contribution in [0.5, 0.6) is 0 Å². The normalized spacial score (nSPS) is 10.5. The summed E-state index contributed by atoms with van der Waals surface area (Å²) in [5.41, 5.74) is 7.02. The van der Waals surface area contributed by atoms with Crippen LogP contribution in [0, 0.1) is 0 Å². The van der Waals surface area contributed by atoms with E-state index in [2.05, 4.69) is 33.9 Å². The topological polar surface area (TPSA) is 55.0 Å². The van der Waals surface area contributed by atoms with Gasteiger partial charge in [-0.15, -0.1) is 0 Å². The van der Waals surface area contributed by atoms with E-state index in [4.69, 9.17) is 5.73 Å². The lowest BCUT2D eigenvalue weighted by atomic mass is 10.2. The molecule has 1 aromatic carbocycles. The lowest BCUT2D eigenvalue weighted by molar-refractivity contribution is 0.773. The molecular weight excluding hydrogens is 268 g/mol. The van der Waals surface area contributed by atoms with Gasteiger partial charge in [0.1, 0.15) is 11.6 Å². The summed E-state index contributed by atoms with van der Waals surface area (Å²) < 4.78 is 0. The van der Waals surface area contributed by atoms with E-state index in [1.165, 1.54) is 11.8 Å². The largest absolute Gasteiger partial charge is 0.383 e. The second-order valence-electron chi connectivity index (χ2n) is 4.48. The van der Waals surface area contributed by atoms with Crippen LogP contribution in [-0.4, -0.2) is 22.8 Å². The van der Waals surface area contributed by atoms with E-state index in [-0.39, 0.29) is 0 Å². The van der Waals surface area contributed by atoms with Crippen molar-refractivity contribution in [1.29, 1.82) is 0 Å². The SMILES string of the molecule is CCCCN(c1ccccc1)c1cc(N)nc(SC)n1. The predicted molar refractivity (Wildman–Crippen MR) is 86.6 cm³/mol. The first-order chi connectivity index (χ1) is 9.74. The van der Waals surface area contributed by atoms with Crippen LogP contribution in [0.15, 0.2) is 41.6 Å². The highest BCUT2D eigenvalue weighted by Crippen LogP contribution is 2.26. The molecule has 0 radical (unpaired) electrons. The fraction of sp³-hybridized carbons (Fsp3) is 0.333. The van der Waals surface area contributed by atoms with Gasteiger partial charge in [0.2, 0.25) is 0 Å². The number of hydrogen-bond donors (Lipinski definition) is 1. The Bertz CT molecular complexity index is 545. The first-order valence-corrected chi connectivity index (χ1v) is 7.98. The van der Waals surface area contributed by atoms with Crippen LogP contribution in [0.25, 0.3) is 0 Å². The Kier molecular flexibility index (Phi) is 5.24. The molecule has 0 spiro atoms. The highest BCUT2D eigenvalue weighted by molar-refractivity contribution is 7.98. The number of anilines is 3. The highest BCUT2D eigenvalue weighted by Gasteiger charge is 2.12. The Hall–Kier alpha value is -1.75. The average molecular weight is 288 g/mol. The maximum absolute atomic E-state index is 5.89. The Morgan fingerprint density at radius 1 is 1.20 bits per heavy atom. The maximum Gasteiger partial charge on any atom is 0.191 e. The van der Waals surface area contributed by atoms with Crippen molar-refractivity contribution in [3.8, 4) is 0 Å². The van der Waals surface area contributed by atoms with Crippen molar-refractivity contribution in [2.24, 2.45) is 0 Å². The maximum atomic E-state index is 5.89. The predicted octanol–water partition coefficient (Wildman–Crippen LogP) is 3.72. The molecule has 0 aliphatic heterocycles. The summed E-state index contributed by atoms with van der Waals surface area (Å²) in [5.74, 6) is 1.37. The summed E-state index contributed by atoms with van der Waals surface area (Å²) >= 11 is 1.50. The minimum absolute atomic E-state index is 0.511. The molecular formula is C15H20N4S. The number of aromatic nitrogens is 2. The third-order valence-electron chi connectivity index (χ3n) is 2.97. The zero-order chi connectivity index (χ0) is 14.4. The van der Waals surface area contributed by atoms with Gasteiger partial charge in [0.05, 0.1) is 0 Å². The summed E-state index contributed by atoms with van der Waals surface area (Å²) in [6, 6.07) is 12.1. The minimum Gasteiger partial charge on any atom is -0.383 e. The monoisotopic (exact) mass is 288 g/mol. The van der Waals surface area contributed by atoms with Crippen molar-refractivity contribution in [3.63, 3.8) is 0 Å². The van der Waals surface area contributed by atoms with E-state index < -0.39 is 0 Å². The summed E-state index contributed by atoms with van der Waals surface area (Å²) in [7, 11) is 0. The molecule has 106 valence electrons. The molecule has 1 aromatic heterocycles. The second-order valence-corrected chi connectivity index (χ2v) is 5.25. The first-order valence-electron chi connectivity index (χ1n) is 6.75. The molecule has 0 amide bonds. The van der Waals surface area contributed by atoms with Gasteiger partial charge < -0.3 is 10.6 Å². The fourth-order valence-corrected chi connectivity index (χ4v) is 2.34. The van der Waals surface area contributed by atoms with Crippen molar-refractivity contribution in [2.45, 2.75) is 24.9 Å². The summed E-state index contributed by atoms with van der Waals surface area (Å²) in [5, 5.41) is 0.706. The Morgan fingerprint density at radius 2 is 1.95 bits per heavy atom. The summed E-state index contributed by atoms with van der Waals surface area (Å²) in [6.45, 7) is 3.11. The van der Waals surface area contributed by atoms with Gasteiger partial charge in [-0.3, -0.25) is 0 Å². The number of unbranched alkanes of at least 4 members (excludes halogenated alkanes) is 1. The minimum atomic E-state index is 0.511.